The van der Waals surface area contributed by atoms with Crippen molar-refractivity contribution in [3.05, 3.63) is 42.0 Å². The SMILES string of the molecule is Cc1cc2oc3ccccc3c2cc1N1C(C)N2CCC1(C)CC2C. The lowest BCUT2D eigenvalue weighted by Gasteiger charge is -2.62. The minimum Gasteiger partial charge on any atom is -0.456 e. The summed E-state index contributed by atoms with van der Waals surface area (Å²) in [6.07, 6.45) is 2.92. The topological polar surface area (TPSA) is 19.6 Å². The Kier molecular flexibility index (Phi) is 3.06. The molecule has 3 fully saturated rings. The molecular weight excluding hydrogens is 308 g/mol. The molecule has 3 saturated heterocycles. The molecule has 4 atom stereocenters. The van der Waals surface area contributed by atoms with Gasteiger partial charge < -0.3 is 9.32 Å². The quantitative estimate of drug-likeness (QED) is 0.602. The Morgan fingerprint density at radius 3 is 2.64 bits per heavy atom. The van der Waals surface area contributed by atoms with Gasteiger partial charge in [-0.2, -0.15) is 0 Å². The molecule has 0 radical (unpaired) electrons. The van der Waals surface area contributed by atoms with Gasteiger partial charge in [0.15, 0.2) is 0 Å². The largest absolute Gasteiger partial charge is 0.456 e. The highest BCUT2D eigenvalue weighted by Gasteiger charge is 2.49. The van der Waals surface area contributed by atoms with Crippen molar-refractivity contribution < 1.29 is 4.42 Å². The summed E-state index contributed by atoms with van der Waals surface area (Å²) in [5, 5.41) is 2.45. The van der Waals surface area contributed by atoms with E-state index in [4.69, 9.17) is 4.42 Å². The Bertz CT molecular complexity index is 975. The van der Waals surface area contributed by atoms with Crippen molar-refractivity contribution in [1.82, 2.24) is 4.90 Å². The number of anilines is 1. The predicted octanol–water partition coefficient (Wildman–Crippen LogP) is 5.30. The van der Waals surface area contributed by atoms with Crippen LogP contribution in [0.4, 0.5) is 5.69 Å². The summed E-state index contributed by atoms with van der Waals surface area (Å²) in [5.41, 5.74) is 4.89. The van der Waals surface area contributed by atoms with E-state index in [1.54, 1.807) is 0 Å². The average Bonchev–Trinajstić information content (AvgIpc) is 2.91. The summed E-state index contributed by atoms with van der Waals surface area (Å²) in [7, 11) is 0. The van der Waals surface area contributed by atoms with E-state index in [0.717, 1.165) is 11.2 Å². The van der Waals surface area contributed by atoms with E-state index in [0.29, 0.717) is 12.2 Å². The third-order valence-corrected chi connectivity index (χ3v) is 6.60. The van der Waals surface area contributed by atoms with E-state index < -0.39 is 0 Å². The average molecular weight is 334 g/mol. The fraction of sp³-hybridized carbons (Fsp3) is 0.455. The van der Waals surface area contributed by atoms with Crippen LogP contribution >= 0.6 is 0 Å². The molecular formula is C22H26N2O. The second kappa shape index (κ2) is 5.01. The number of para-hydroxylation sites is 1. The first kappa shape index (κ1) is 15.3. The number of piperidine rings is 1. The van der Waals surface area contributed by atoms with Crippen LogP contribution < -0.4 is 4.90 Å². The standard InChI is InChI=1S/C22H26N2O/c1-14-11-21-18(17-7-5-6-8-20(17)25-21)12-19(14)24-16(3)23-10-9-22(24,4)13-15(23)2/h5-8,11-12,15-16H,9-10,13H2,1-4H3. The molecule has 3 heteroatoms. The van der Waals surface area contributed by atoms with Crippen molar-refractivity contribution >= 4 is 27.6 Å². The summed E-state index contributed by atoms with van der Waals surface area (Å²) in [5.74, 6) is 0. The summed E-state index contributed by atoms with van der Waals surface area (Å²) in [6.45, 7) is 10.6. The van der Waals surface area contributed by atoms with E-state index in [-0.39, 0.29) is 5.54 Å². The zero-order valence-electron chi connectivity index (χ0n) is 15.5. The Labute approximate surface area is 149 Å². The highest BCUT2D eigenvalue weighted by atomic mass is 16.3. The van der Waals surface area contributed by atoms with E-state index in [1.165, 1.54) is 41.4 Å². The number of nitrogens with zero attached hydrogens (tertiary/aromatic N) is 2. The molecule has 4 unspecified atom stereocenters. The van der Waals surface area contributed by atoms with Crippen LogP contribution in [0.3, 0.4) is 0 Å². The number of hydrogen-bond donors (Lipinski definition) is 0. The van der Waals surface area contributed by atoms with Gasteiger partial charge in [-0.05, 0) is 64.3 Å². The predicted molar refractivity (Wildman–Crippen MR) is 104 cm³/mol. The molecule has 130 valence electrons. The molecule has 3 aromatic rings. The van der Waals surface area contributed by atoms with Crippen LogP contribution in [0.1, 0.15) is 39.2 Å². The zero-order chi connectivity index (χ0) is 17.3. The monoisotopic (exact) mass is 334 g/mol. The molecule has 1 aromatic heterocycles. The minimum atomic E-state index is 0.242. The molecule has 0 N–H and O–H groups in total. The number of fused-ring (bicyclic) bond motifs is 6. The highest BCUT2D eigenvalue weighted by molar-refractivity contribution is 6.06. The van der Waals surface area contributed by atoms with Crippen molar-refractivity contribution in [2.24, 2.45) is 0 Å². The van der Waals surface area contributed by atoms with Gasteiger partial charge in [-0.15, -0.1) is 0 Å². The molecule has 0 aliphatic carbocycles. The van der Waals surface area contributed by atoms with Crippen LogP contribution in [-0.4, -0.2) is 29.2 Å². The summed E-state index contributed by atoms with van der Waals surface area (Å²) in [6, 6.07) is 13.6. The van der Waals surface area contributed by atoms with Crippen LogP contribution in [-0.2, 0) is 0 Å². The molecule has 0 saturated carbocycles. The van der Waals surface area contributed by atoms with Crippen LogP contribution in [0.25, 0.3) is 21.9 Å². The summed E-state index contributed by atoms with van der Waals surface area (Å²) < 4.78 is 6.08. The van der Waals surface area contributed by atoms with Gasteiger partial charge >= 0.3 is 0 Å². The van der Waals surface area contributed by atoms with Crippen LogP contribution in [0.2, 0.25) is 0 Å². The fourth-order valence-corrected chi connectivity index (χ4v) is 5.43. The van der Waals surface area contributed by atoms with Crippen LogP contribution in [0, 0.1) is 6.92 Å². The van der Waals surface area contributed by atoms with Crippen molar-refractivity contribution in [3.8, 4) is 0 Å². The smallest absolute Gasteiger partial charge is 0.135 e. The van der Waals surface area contributed by atoms with Crippen molar-refractivity contribution in [3.63, 3.8) is 0 Å². The second-order valence-corrected chi connectivity index (χ2v) is 8.27. The molecule has 6 rings (SSSR count). The van der Waals surface area contributed by atoms with Gasteiger partial charge in [-0.3, -0.25) is 4.90 Å². The maximum absolute atomic E-state index is 6.08. The van der Waals surface area contributed by atoms with Crippen molar-refractivity contribution in [2.45, 2.75) is 58.3 Å². The molecule has 0 spiro atoms. The Balaban J connectivity index is 1.72. The normalized spacial score (nSPS) is 32.0. The van der Waals surface area contributed by atoms with E-state index >= 15 is 0 Å². The molecule has 4 heterocycles. The Hall–Kier alpha value is -2.00. The lowest BCUT2D eigenvalue weighted by molar-refractivity contribution is 0.00479. The lowest BCUT2D eigenvalue weighted by atomic mass is 9.78. The molecule has 2 bridgehead atoms. The van der Waals surface area contributed by atoms with Gasteiger partial charge in [-0.1, -0.05) is 18.2 Å². The highest BCUT2D eigenvalue weighted by Crippen LogP contribution is 2.46. The number of hydrogen-bond acceptors (Lipinski definition) is 3. The first-order valence-corrected chi connectivity index (χ1v) is 9.45. The Morgan fingerprint density at radius 1 is 1.08 bits per heavy atom. The fourth-order valence-electron chi connectivity index (χ4n) is 5.43. The maximum Gasteiger partial charge on any atom is 0.135 e. The van der Waals surface area contributed by atoms with Crippen molar-refractivity contribution in [2.75, 3.05) is 11.4 Å². The zero-order valence-corrected chi connectivity index (χ0v) is 15.5. The molecule has 3 nitrogen and oxygen atoms in total. The molecule has 2 aromatic carbocycles. The van der Waals surface area contributed by atoms with Crippen LogP contribution in [0.5, 0.6) is 0 Å². The van der Waals surface area contributed by atoms with Gasteiger partial charge in [0.25, 0.3) is 0 Å². The first-order chi connectivity index (χ1) is 12.0. The lowest BCUT2D eigenvalue weighted by Crippen LogP contribution is -2.71. The molecule has 0 amide bonds. The van der Waals surface area contributed by atoms with E-state index in [9.17, 15) is 0 Å². The third-order valence-electron chi connectivity index (χ3n) is 6.60. The van der Waals surface area contributed by atoms with Gasteiger partial charge in [0.1, 0.15) is 11.2 Å². The number of furan rings is 1. The minimum absolute atomic E-state index is 0.242. The van der Waals surface area contributed by atoms with Gasteiger partial charge in [-0.25, -0.2) is 0 Å². The summed E-state index contributed by atoms with van der Waals surface area (Å²) >= 11 is 0. The van der Waals surface area contributed by atoms with E-state index in [1.807, 2.05) is 6.07 Å². The number of aryl methyl sites for hydroxylation is 1. The molecule has 25 heavy (non-hydrogen) atoms. The molecule has 3 aliphatic heterocycles. The number of rotatable bonds is 1. The van der Waals surface area contributed by atoms with Gasteiger partial charge in [0, 0.05) is 34.6 Å². The van der Waals surface area contributed by atoms with Crippen molar-refractivity contribution in [1.29, 1.82) is 0 Å². The third kappa shape index (κ3) is 2.02. The first-order valence-electron chi connectivity index (χ1n) is 9.45. The van der Waals surface area contributed by atoms with E-state index in [2.05, 4.69) is 67.8 Å². The van der Waals surface area contributed by atoms with Crippen LogP contribution in [0.15, 0.2) is 40.8 Å². The maximum atomic E-state index is 6.08. The summed E-state index contributed by atoms with van der Waals surface area (Å²) in [4.78, 5) is 5.33. The number of benzene rings is 2. The van der Waals surface area contributed by atoms with Gasteiger partial charge in [0.05, 0.1) is 6.17 Å². The molecule has 3 aliphatic rings. The Morgan fingerprint density at radius 2 is 1.88 bits per heavy atom. The second-order valence-electron chi connectivity index (χ2n) is 8.27. The van der Waals surface area contributed by atoms with Gasteiger partial charge in [0.2, 0.25) is 0 Å².